The lowest BCUT2D eigenvalue weighted by Gasteiger charge is -2.09. The molecule has 0 bridgehead atoms. The summed E-state index contributed by atoms with van der Waals surface area (Å²) in [4.78, 5) is 29.9. The Balaban J connectivity index is 1.09. The van der Waals surface area contributed by atoms with Crippen LogP contribution in [0.2, 0.25) is 0 Å². The summed E-state index contributed by atoms with van der Waals surface area (Å²) in [6, 6.07) is 49.5. The summed E-state index contributed by atoms with van der Waals surface area (Å²) >= 11 is 1.62. The van der Waals surface area contributed by atoms with Gasteiger partial charge in [0.05, 0.1) is 15.9 Å². The Morgan fingerprint density at radius 2 is 0.898 bits per heavy atom. The lowest BCUT2D eigenvalue weighted by molar-refractivity contribution is 1.07. The zero-order valence-corrected chi connectivity index (χ0v) is 26.9. The van der Waals surface area contributed by atoms with Crippen LogP contribution in [0.5, 0.6) is 0 Å². The number of hydrogen-bond donors (Lipinski definition) is 0. The van der Waals surface area contributed by atoms with Gasteiger partial charge in [-0.3, -0.25) is 0 Å². The molecule has 0 amide bonds. The van der Waals surface area contributed by atoms with Gasteiger partial charge in [0.1, 0.15) is 11.2 Å². The SMILES string of the molecule is c1ccc(-c2cccc(-c3cnc4sc5c(-c6ccc(-c7nc(-c8ccccc8)nc(-c8ccccc8)n7)cc6)ncnc5c4c3)c2)cc1. The van der Waals surface area contributed by atoms with E-state index in [1.165, 1.54) is 11.1 Å². The maximum atomic E-state index is 4.88. The van der Waals surface area contributed by atoms with Gasteiger partial charge in [-0.25, -0.2) is 29.9 Å². The molecule has 49 heavy (non-hydrogen) atoms. The molecule has 9 rings (SSSR count). The second kappa shape index (κ2) is 12.3. The van der Waals surface area contributed by atoms with Crippen molar-refractivity contribution in [1.29, 1.82) is 0 Å². The van der Waals surface area contributed by atoms with E-state index >= 15 is 0 Å². The summed E-state index contributed by atoms with van der Waals surface area (Å²) in [6.45, 7) is 0. The maximum Gasteiger partial charge on any atom is 0.164 e. The highest BCUT2D eigenvalue weighted by Gasteiger charge is 2.16. The largest absolute Gasteiger partial charge is 0.245 e. The summed E-state index contributed by atoms with van der Waals surface area (Å²) in [5, 5.41) is 1.02. The van der Waals surface area contributed by atoms with Crippen molar-refractivity contribution in [3.8, 4) is 67.7 Å². The van der Waals surface area contributed by atoms with Crippen LogP contribution in [0.25, 0.3) is 88.1 Å². The maximum absolute atomic E-state index is 4.88. The predicted molar refractivity (Wildman–Crippen MR) is 199 cm³/mol. The van der Waals surface area contributed by atoms with Gasteiger partial charge in [0.25, 0.3) is 0 Å². The van der Waals surface area contributed by atoms with Gasteiger partial charge in [-0.15, -0.1) is 11.3 Å². The van der Waals surface area contributed by atoms with Crippen LogP contribution < -0.4 is 0 Å². The van der Waals surface area contributed by atoms with Gasteiger partial charge < -0.3 is 0 Å². The molecule has 6 nitrogen and oxygen atoms in total. The standard InChI is InChI=1S/C42H26N6S/c1-4-11-27(12-5-1)32-17-10-18-33(23-32)34-24-35-37-38(49-42(35)43-25-34)36(44-26-45-37)28-19-21-31(22-20-28)41-47-39(29-13-6-2-7-14-29)46-40(48-41)30-15-8-3-9-16-30/h1-26H. The Labute approximate surface area is 286 Å². The molecule has 4 aromatic heterocycles. The summed E-state index contributed by atoms with van der Waals surface area (Å²) in [5.41, 5.74) is 10.1. The van der Waals surface area contributed by atoms with E-state index in [2.05, 4.69) is 66.7 Å². The minimum atomic E-state index is 0.613. The summed E-state index contributed by atoms with van der Waals surface area (Å²) < 4.78 is 1.01. The van der Waals surface area contributed by atoms with Crippen molar-refractivity contribution >= 4 is 31.8 Å². The molecule has 0 N–H and O–H groups in total. The number of thiophene rings is 1. The fourth-order valence-corrected chi connectivity index (χ4v) is 7.14. The quantitative estimate of drug-likeness (QED) is 0.179. The number of pyridine rings is 1. The molecule has 0 radical (unpaired) electrons. The molecule has 0 saturated carbocycles. The normalized spacial score (nSPS) is 11.3. The second-order valence-corrected chi connectivity index (χ2v) is 12.6. The predicted octanol–water partition coefficient (Wildman–Crippen LogP) is 10.4. The van der Waals surface area contributed by atoms with Gasteiger partial charge in [0, 0.05) is 39.4 Å². The molecule has 0 aliphatic rings. The number of rotatable bonds is 6. The molecule has 7 heteroatoms. The molecule has 5 aromatic carbocycles. The van der Waals surface area contributed by atoms with Crippen LogP contribution in [0, 0.1) is 0 Å². The fourth-order valence-electron chi connectivity index (χ4n) is 6.05. The molecule has 0 aliphatic carbocycles. The molecule has 0 spiro atoms. The summed E-state index contributed by atoms with van der Waals surface area (Å²) in [7, 11) is 0. The van der Waals surface area contributed by atoms with Gasteiger partial charge in [0.15, 0.2) is 17.5 Å². The Bertz CT molecular complexity index is 2530. The Morgan fingerprint density at radius 3 is 1.51 bits per heavy atom. The topological polar surface area (TPSA) is 77.3 Å². The Kier molecular flexibility index (Phi) is 7.22. The van der Waals surface area contributed by atoms with Gasteiger partial charge in [-0.05, 0) is 28.8 Å². The lowest BCUT2D eigenvalue weighted by atomic mass is 9.99. The van der Waals surface area contributed by atoms with Gasteiger partial charge in [-0.1, -0.05) is 133 Å². The highest BCUT2D eigenvalue weighted by atomic mass is 32.1. The molecule has 0 unspecified atom stereocenters. The van der Waals surface area contributed by atoms with Gasteiger partial charge in [0.2, 0.25) is 0 Å². The van der Waals surface area contributed by atoms with Crippen molar-refractivity contribution in [2.45, 2.75) is 0 Å². The minimum absolute atomic E-state index is 0.613. The first kappa shape index (κ1) is 28.8. The molecule has 4 heterocycles. The van der Waals surface area contributed by atoms with Crippen LogP contribution in [-0.4, -0.2) is 29.9 Å². The van der Waals surface area contributed by atoms with Crippen LogP contribution in [-0.2, 0) is 0 Å². The van der Waals surface area contributed by atoms with Crippen LogP contribution >= 0.6 is 11.3 Å². The lowest BCUT2D eigenvalue weighted by Crippen LogP contribution is -2.00. The van der Waals surface area contributed by atoms with E-state index in [0.29, 0.717) is 17.5 Å². The molecule has 0 fully saturated rings. The summed E-state index contributed by atoms with van der Waals surface area (Å²) in [5.74, 6) is 1.88. The van der Waals surface area contributed by atoms with Crippen molar-refractivity contribution in [1.82, 2.24) is 29.9 Å². The zero-order chi connectivity index (χ0) is 32.6. The summed E-state index contributed by atoms with van der Waals surface area (Å²) in [6.07, 6.45) is 3.59. The smallest absolute Gasteiger partial charge is 0.164 e. The van der Waals surface area contributed by atoms with Crippen LogP contribution in [0.4, 0.5) is 0 Å². The molecule has 0 saturated heterocycles. The van der Waals surface area contributed by atoms with E-state index in [-0.39, 0.29) is 0 Å². The van der Waals surface area contributed by atoms with Crippen molar-refractivity contribution in [3.05, 3.63) is 158 Å². The van der Waals surface area contributed by atoms with E-state index < -0.39 is 0 Å². The van der Waals surface area contributed by atoms with E-state index in [1.54, 1.807) is 17.7 Å². The van der Waals surface area contributed by atoms with Gasteiger partial charge >= 0.3 is 0 Å². The molecule has 0 aliphatic heterocycles. The van der Waals surface area contributed by atoms with E-state index in [0.717, 1.165) is 59.5 Å². The molecule has 0 atom stereocenters. The van der Waals surface area contributed by atoms with Crippen LogP contribution in [0.15, 0.2) is 158 Å². The highest BCUT2D eigenvalue weighted by Crippen LogP contribution is 2.39. The van der Waals surface area contributed by atoms with Crippen molar-refractivity contribution in [3.63, 3.8) is 0 Å². The molecule has 9 aromatic rings. The van der Waals surface area contributed by atoms with Gasteiger partial charge in [-0.2, -0.15) is 0 Å². The highest BCUT2D eigenvalue weighted by molar-refractivity contribution is 7.25. The third-order valence-corrected chi connectivity index (χ3v) is 9.64. The monoisotopic (exact) mass is 646 g/mol. The average molecular weight is 647 g/mol. The second-order valence-electron chi connectivity index (χ2n) is 11.6. The van der Waals surface area contributed by atoms with E-state index in [1.807, 2.05) is 85.1 Å². The molecular formula is C42H26N6S. The zero-order valence-electron chi connectivity index (χ0n) is 26.1. The Hall–Kier alpha value is -6.44. The average Bonchev–Trinajstić information content (AvgIpc) is 3.57. The minimum Gasteiger partial charge on any atom is -0.245 e. The van der Waals surface area contributed by atoms with Crippen LogP contribution in [0.1, 0.15) is 0 Å². The first-order chi connectivity index (χ1) is 24.3. The number of fused-ring (bicyclic) bond motifs is 3. The van der Waals surface area contributed by atoms with E-state index in [4.69, 9.17) is 29.9 Å². The van der Waals surface area contributed by atoms with Crippen molar-refractivity contribution < 1.29 is 0 Å². The van der Waals surface area contributed by atoms with Crippen molar-refractivity contribution in [2.24, 2.45) is 0 Å². The number of hydrogen-bond acceptors (Lipinski definition) is 7. The third kappa shape index (κ3) is 5.52. The third-order valence-electron chi connectivity index (χ3n) is 8.53. The fraction of sp³-hybridized carbons (Fsp3) is 0. The Morgan fingerprint density at radius 1 is 0.388 bits per heavy atom. The number of aromatic nitrogens is 6. The molecule has 230 valence electrons. The van der Waals surface area contributed by atoms with Crippen molar-refractivity contribution in [2.75, 3.05) is 0 Å². The first-order valence-corrected chi connectivity index (χ1v) is 16.8. The number of benzene rings is 5. The van der Waals surface area contributed by atoms with E-state index in [9.17, 15) is 0 Å². The molecular weight excluding hydrogens is 621 g/mol. The first-order valence-electron chi connectivity index (χ1n) is 15.9. The number of nitrogens with zero attached hydrogens (tertiary/aromatic N) is 6. The van der Waals surface area contributed by atoms with Crippen LogP contribution in [0.3, 0.4) is 0 Å².